The van der Waals surface area contributed by atoms with Gasteiger partial charge in [-0.3, -0.25) is 19.0 Å². The van der Waals surface area contributed by atoms with Crippen molar-refractivity contribution < 1.29 is 9.59 Å². The number of carbonyl (C=O) groups excluding carboxylic acids is 2. The Labute approximate surface area is 196 Å². The van der Waals surface area contributed by atoms with E-state index in [-0.39, 0.29) is 30.0 Å². The fraction of sp³-hybridized carbons (Fsp3) is 0.333. The number of hydrogen-bond acceptors (Lipinski definition) is 5. The zero-order chi connectivity index (χ0) is 23.5. The van der Waals surface area contributed by atoms with Gasteiger partial charge in [0.05, 0.1) is 23.3 Å². The van der Waals surface area contributed by atoms with Crippen LogP contribution in [0.3, 0.4) is 0 Å². The van der Waals surface area contributed by atoms with Crippen LogP contribution in [0, 0.1) is 0 Å². The van der Waals surface area contributed by atoms with Crippen LogP contribution >= 0.6 is 11.6 Å². The molecule has 33 heavy (non-hydrogen) atoms. The number of halogens is 1. The largest absolute Gasteiger partial charge is 0.368 e. The van der Waals surface area contributed by atoms with Crippen LogP contribution in [0.5, 0.6) is 0 Å². The third-order valence-electron chi connectivity index (χ3n) is 5.96. The molecular weight excluding hydrogens is 442 g/mol. The molecule has 0 saturated carbocycles. The van der Waals surface area contributed by atoms with E-state index in [1.54, 1.807) is 19.1 Å². The molecule has 0 spiro atoms. The first-order valence-electron chi connectivity index (χ1n) is 10.9. The summed E-state index contributed by atoms with van der Waals surface area (Å²) >= 11 is 5.92. The predicted octanol–water partition coefficient (Wildman–Crippen LogP) is 2.60. The number of anilines is 1. The molecule has 1 saturated heterocycles. The molecule has 0 radical (unpaired) electrons. The van der Waals surface area contributed by atoms with Crippen LogP contribution in [0.1, 0.15) is 25.5 Å². The van der Waals surface area contributed by atoms with Crippen molar-refractivity contribution in [3.63, 3.8) is 0 Å². The maximum atomic E-state index is 13.1. The number of fused-ring (bicyclic) bond motifs is 1. The summed E-state index contributed by atoms with van der Waals surface area (Å²) in [6.45, 7) is 6.02. The molecule has 0 aliphatic carbocycles. The van der Waals surface area contributed by atoms with Crippen molar-refractivity contribution in [2.75, 3.05) is 31.1 Å². The van der Waals surface area contributed by atoms with Crippen LogP contribution in [0.25, 0.3) is 10.9 Å². The van der Waals surface area contributed by atoms with E-state index in [4.69, 9.17) is 11.6 Å². The summed E-state index contributed by atoms with van der Waals surface area (Å²) in [5.74, 6) is -0.207. The van der Waals surface area contributed by atoms with Gasteiger partial charge in [-0.25, -0.2) is 4.98 Å². The molecule has 1 N–H and O–H groups in total. The van der Waals surface area contributed by atoms with Crippen molar-refractivity contribution in [3.8, 4) is 0 Å². The Bertz CT molecular complexity index is 1230. The molecule has 3 aromatic rings. The van der Waals surface area contributed by atoms with E-state index in [1.165, 1.54) is 10.9 Å². The van der Waals surface area contributed by atoms with Crippen molar-refractivity contribution in [3.05, 3.63) is 69.7 Å². The van der Waals surface area contributed by atoms with Crippen LogP contribution in [-0.4, -0.2) is 52.4 Å². The number of nitrogens with one attached hydrogen (secondary N) is 1. The smallest absolute Gasteiger partial charge is 0.261 e. The van der Waals surface area contributed by atoms with E-state index in [1.807, 2.05) is 42.2 Å². The Morgan fingerprint density at radius 1 is 1.09 bits per heavy atom. The molecule has 4 rings (SSSR count). The summed E-state index contributed by atoms with van der Waals surface area (Å²) in [6.07, 6.45) is 1.41. The zero-order valence-corrected chi connectivity index (χ0v) is 19.4. The average Bonchev–Trinajstić information content (AvgIpc) is 2.81. The molecule has 1 atom stereocenters. The molecule has 2 aromatic carbocycles. The maximum absolute atomic E-state index is 13.1. The second-order valence-corrected chi connectivity index (χ2v) is 8.65. The summed E-state index contributed by atoms with van der Waals surface area (Å²) in [4.78, 5) is 45.6. The topological polar surface area (TPSA) is 87.5 Å². The number of carbonyl (C=O) groups is 2. The normalized spacial score (nSPS) is 14.9. The van der Waals surface area contributed by atoms with E-state index in [9.17, 15) is 14.4 Å². The number of hydrogen-bond donors (Lipinski definition) is 1. The first-order chi connectivity index (χ1) is 15.8. The third kappa shape index (κ3) is 5.17. The van der Waals surface area contributed by atoms with Gasteiger partial charge in [-0.05, 0) is 42.8 Å². The van der Waals surface area contributed by atoms with E-state index in [0.29, 0.717) is 42.1 Å². The van der Waals surface area contributed by atoms with Gasteiger partial charge in [-0.15, -0.1) is 0 Å². The van der Waals surface area contributed by atoms with Gasteiger partial charge < -0.3 is 15.1 Å². The minimum atomic E-state index is -0.280. The molecule has 2 heterocycles. The molecular formula is C24H26ClN5O3. The summed E-state index contributed by atoms with van der Waals surface area (Å²) in [5, 5.41) is 4.00. The molecule has 9 heteroatoms. The van der Waals surface area contributed by atoms with Crippen molar-refractivity contribution in [1.82, 2.24) is 19.8 Å². The van der Waals surface area contributed by atoms with Gasteiger partial charge in [0.2, 0.25) is 11.8 Å². The monoisotopic (exact) mass is 467 g/mol. The Balaban J connectivity index is 1.49. The highest BCUT2D eigenvalue weighted by atomic mass is 35.5. The number of benzene rings is 2. The lowest BCUT2D eigenvalue weighted by atomic mass is 10.1. The molecule has 1 aliphatic heterocycles. The quantitative estimate of drug-likeness (QED) is 0.623. The van der Waals surface area contributed by atoms with Crippen LogP contribution in [0.15, 0.2) is 53.6 Å². The maximum Gasteiger partial charge on any atom is 0.261 e. The van der Waals surface area contributed by atoms with Crippen LogP contribution < -0.4 is 15.8 Å². The molecule has 8 nitrogen and oxygen atoms in total. The van der Waals surface area contributed by atoms with E-state index >= 15 is 0 Å². The highest BCUT2D eigenvalue weighted by Crippen LogP contribution is 2.20. The van der Waals surface area contributed by atoms with Crippen LogP contribution in [-0.2, 0) is 16.1 Å². The Morgan fingerprint density at radius 2 is 1.79 bits per heavy atom. The van der Waals surface area contributed by atoms with E-state index < -0.39 is 0 Å². The number of amides is 2. The molecule has 1 fully saturated rings. The van der Waals surface area contributed by atoms with E-state index in [2.05, 4.69) is 15.2 Å². The molecule has 0 bridgehead atoms. The second kappa shape index (κ2) is 9.62. The van der Waals surface area contributed by atoms with Gasteiger partial charge in [0.25, 0.3) is 5.56 Å². The average molecular weight is 468 g/mol. The Morgan fingerprint density at radius 3 is 2.45 bits per heavy atom. The third-order valence-corrected chi connectivity index (χ3v) is 6.21. The lowest BCUT2D eigenvalue weighted by Crippen LogP contribution is -2.48. The van der Waals surface area contributed by atoms with Gasteiger partial charge in [-0.2, -0.15) is 0 Å². The van der Waals surface area contributed by atoms with Crippen molar-refractivity contribution in [1.29, 1.82) is 0 Å². The number of nitrogens with zero attached hydrogens (tertiary/aromatic N) is 4. The van der Waals surface area contributed by atoms with Crippen molar-refractivity contribution in [2.24, 2.45) is 0 Å². The minimum absolute atomic E-state index is 0.0731. The van der Waals surface area contributed by atoms with Crippen LogP contribution in [0.4, 0.5) is 5.69 Å². The molecule has 1 aliphatic rings. The number of rotatable bonds is 5. The Hall–Kier alpha value is -3.39. The SMILES string of the molecule is CC(=O)N1CCN(c2ccc3ncn(CC(=O)NC(C)c4ccc(Cl)cc4)c(=O)c3c2)CC1. The summed E-state index contributed by atoms with van der Waals surface area (Å²) in [7, 11) is 0. The van der Waals surface area contributed by atoms with E-state index in [0.717, 1.165) is 11.3 Å². The second-order valence-electron chi connectivity index (χ2n) is 8.21. The standard InChI is InChI=1S/C24H26ClN5O3/c1-16(18-3-5-19(25)6-4-18)27-23(32)14-30-15-26-22-8-7-20(13-21(22)24(30)33)29-11-9-28(10-12-29)17(2)31/h3-8,13,15-16H,9-12,14H2,1-2H3,(H,27,32). The van der Waals surface area contributed by atoms with Gasteiger partial charge in [0.1, 0.15) is 6.54 Å². The van der Waals surface area contributed by atoms with Gasteiger partial charge >= 0.3 is 0 Å². The summed E-state index contributed by atoms with van der Waals surface area (Å²) in [5.41, 5.74) is 2.14. The Kier molecular flexibility index (Phi) is 6.65. The molecule has 1 aromatic heterocycles. The number of piperazine rings is 1. The van der Waals surface area contributed by atoms with Gasteiger partial charge in [0.15, 0.2) is 0 Å². The first-order valence-corrected chi connectivity index (χ1v) is 11.2. The number of aromatic nitrogens is 2. The molecule has 172 valence electrons. The predicted molar refractivity (Wildman–Crippen MR) is 128 cm³/mol. The minimum Gasteiger partial charge on any atom is -0.368 e. The van der Waals surface area contributed by atoms with Gasteiger partial charge in [-0.1, -0.05) is 23.7 Å². The first kappa shape index (κ1) is 22.8. The lowest BCUT2D eigenvalue weighted by molar-refractivity contribution is -0.129. The molecule has 1 unspecified atom stereocenters. The highest BCUT2D eigenvalue weighted by molar-refractivity contribution is 6.30. The molecule has 2 amide bonds. The summed E-state index contributed by atoms with van der Waals surface area (Å²) < 4.78 is 1.32. The fourth-order valence-corrected chi connectivity index (χ4v) is 4.14. The lowest BCUT2D eigenvalue weighted by Gasteiger charge is -2.35. The van der Waals surface area contributed by atoms with Crippen molar-refractivity contribution >= 4 is 40.0 Å². The summed E-state index contributed by atoms with van der Waals surface area (Å²) in [6, 6.07) is 12.6. The zero-order valence-electron chi connectivity index (χ0n) is 18.6. The highest BCUT2D eigenvalue weighted by Gasteiger charge is 2.20. The van der Waals surface area contributed by atoms with Gasteiger partial charge in [0, 0.05) is 43.8 Å². The van der Waals surface area contributed by atoms with Crippen molar-refractivity contribution in [2.45, 2.75) is 26.4 Å². The van der Waals surface area contributed by atoms with Crippen LogP contribution in [0.2, 0.25) is 5.02 Å². The fourth-order valence-electron chi connectivity index (χ4n) is 4.01.